The summed E-state index contributed by atoms with van der Waals surface area (Å²) < 4.78 is 23.9. The molecule has 1 aliphatic carbocycles. The summed E-state index contributed by atoms with van der Waals surface area (Å²) in [7, 11) is 2.09. The molecule has 1 aliphatic heterocycles. The van der Waals surface area contributed by atoms with Gasteiger partial charge in [0.15, 0.2) is 0 Å². The van der Waals surface area contributed by atoms with Crippen LogP contribution in [0.15, 0.2) is 60.9 Å². The molecular formula is C31H32FN3O3. The molecule has 0 radical (unpaired) electrons. The molecule has 7 heteroatoms. The molecule has 6 nitrogen and oxygen atoms in total. The van der Waals surface area contributed by atoms with E-state index in [0.717, 1.165) is 77.0 Å². The molecular weight excluding hydrogens is 481 g/mol. The molecule has 1 saturated carbocycles. The van der Waals surface area contributed by atoms with Gasteiger partial charge in [-0.15, -0.1) is 0 Å². The van der Waals surface area contributed by atoms with Crippen LogP contribution in [0.5, 0.6) is 5.75 Å². The SMILES string of the molecule is CN1CCn2c(c([C@@H]3CCCC[C@H]3F)c3ccc(C(=O)O)cc32)-c2ccc(OCc3cccnc3)cc2C1. The first-order chi connectivity index (χ1) is 18.5. The number of hydrogen-bond donors (Lipinski definition) is 1. The Morgan fingerprint density at radius 3 is 2.79 bits per heavy atom. The maximum atomic E-state index is 15.5. The van der Waals surface area contributed by atoms with E-state index in [4.69, 9.17) is 4.74 Å². The van der Waals surface area contributed by atoms with E-state index >= 15 is 4.39 Å². The standard InChI is InChI=1S/C31H32FN3O3/c1-34-13-14-35-28-16-21(31(36)37)8-10-26(28)29(25-6-2-3-7-27(25)32)30(35)24-11-9-23(15-22(24)18-34)38-19-20-5-4-12-33-17-20/h4-5,8-12,15-17,25,27H,2-3,6-7,13-14,18-19H2,1H3,(H,36,37)/t25-,27-/m1/s1. The molecule has 1 N–H and O–H groups in total. The average molecular weight is 514 g/mol. The number of nitrogens with zero attached hydrogens (tertiary/aromatic N) is 3. The Bertz CT molecular complexity index is 1480. The monoisotopic (exact) mass is 513 g/mol. The third-order valence-electron chi connectivity index (χ3n) is 8.01. The van der Waals surface area contributed by atoms with Crippen LogP contribution in [0.25, 0.3) is 22.2 Å². The van der Waals surface area contributed by atoms with Crippen LogP contribution in [0.3, 0.4) is 0 Å². The lowest BCUT2D eigenvalue weighted by Gasteiger charge is -2.29. The van der Waals surface area contributed by atoms with E-state index in [1.165, 1.54) is 0 Å². The van der Waals surface area contributed by atoms with Gasteiger partial charge in [0.1, 0.15) is 18.5 Å². The molecule has 2 atom stereocenters. The van der Waals surface area contributed by atoms with E-state index in [9.17, 15) is 9.90 Å². The number of carbonyl (C=O) groups is 1. The zero-order valence-corrected chi connectivity index (χ0v) is 21.6. The molecule has 6 rings (SSSR count). The van der Waals surface area contributed by atoms with Crippen LogP contribution in [0, 0.1) is 0 Å². The van der Waals surface area contributed by atoms with Gasteiger partial charge in [0.2, 0.25) is 0 Å². The quantitative estimate of drug-likeness (QED) is 0.334. The molecule has 0 amide bonds. The minimum absolute atomic E-state index is 0.204. The van der Waals surface area contributed by atoms with Crippen molar-refractivity contribution in [2.24, 2.45) is 0 Å². The van der Waals surface area contributed by atoms with Gasteiger partial charge >= 0.3 is 5.97 Å². The topological polar surface area (TPSA) is 67.6 Å². The predicted molar refractivity (Wildman–Crippen MR) is 145 cm³/mol. The number of alkyl halides is 1. The van der Waals surface area contributed by atoms with E-state index in [1.54, 1.807) is 24.5 Å². The molecule has 1 fully saturated rings. The Hall–Kier alpha value is -3.71. The Morgan fingerprint density at radius 1 is 1.13 bits per heavy atom. The molecule has 0 bridgehead atoms. The summed E-state index contributed by atoms with van der Waals surface area (Å²) in [6.45, 7) is 2.66. The summed E-state index contributed by atoms with van der Waals surface area (Å²) in [5.41, 5.74) is 6.35. The number of hydrogen-bond acceptors (Lipinski definition) is 4. The van der Waals surface area contributed by atoms with Gasteiger partial charge in [-0.1, -0.05) is 25.0 Å². The highest BCUT2D eigenvalue weighted by molar-refractivity contribution is 5.98. The highest BCUT2D eigenvalue weighted by Crippen LogP contribution is 2.47. The smallest absolute Gasteiger partial charge is 0.335 e. The summed E-state index contributed by atoms with van der Waals surface area (Å²) in [6.07, 6.45) is 5.92. The van der Waals surface area contributed by atoms with Gasteiger partial charge in [0, 0.05) is 60.0 Å². The third-order valence-corrected chi connectivity index (χ3v) is 8.01. The summed E-state index contributed by atoms with van der Waals surface area (Å²) in [5.74, 6) is -0.381. The van der Waals surface area contributed by atoms with Crippen molar-refractivity contribution in [2.75, 3.05) is 13.6 Å². The highest BCUT2D eigenvalue weighted by atomic mass is 19.1. The molecule has 4 aromatic rings. The lowest BCUT2D eigenvalue weighted by atomic mass is 9.80. The maximum absolute atomic E-state index is 15.5. The molecule has 196 valence electrons. The van der Waals surface area contributed by atoms with Gasteiger partial charge in [0.25, 0.3) is 0 Å². The molecule has 0 saturated heterocycles. The molecule has 2 aromatic carbocycles. The summed E-state index contributed by atoms with van der Waals surface area (Å²) in [5, 5.41) is 10.7. The van der Waals surface area contributed by atoms with Crippen molar-refractivity contribution in [3.63, 3.8) is 0 Å². The predicted octanol–water partition coefficient (Wildman–Crippen LogP) is 6.42. The number of halogens is 1. The van der Waals surface area contributed by atoms with Crippen molar-refractivity contribution >= 4 is 16.9 Å². The maximum Gasteiger partial charge on any atom is 0.335 e. The lowest BCUT2D eigenvalue weighted by molar-refractivity contribution is 0.0697. The van der Waals surface area contributed by atoms with Crippen molar-refractivity contribution in [3.8, 4) is 17.0 Å². The zero-order valence-electron chi connectivity index (χ0n) is 21.6. The van der Waals surface area contributed by atoms with E-state index in [-0.39, 0.29) is 11.5 Å². The molecule has 2 aromatic heterocycles. The fourth-order valence-corrected chi connectivity index (χ4v) is 6.13. The second-order valence-electron chi connectivity index (χ2n) is 10.6. The number of aromatic nitrogens is 2. The van der Waals surface area contributed by atoms with E-state index in [1.807, 2.05) is 24.3 Å². The number of rotatable bonds is 5. The molecule has 0 unspecified atom stereocenters. The first-order valence-corrected chi connectivity index (χ1v) is 13.4. The van der Waals surface area contributed by atoms with Gasteiger partial charge in [-0.05, 0) is 67.4 Å². The van der Waals surface area contributed by atoms with Gasteiger partial charge in [-0.2, -0.15) is 0 Å². The summed E-state index contributed by atoms with van der Waals surface area (Å²) >= 11 is 0. The fourth-order valence-electron chi connectivity index (χ4n) is 6.13. The van der Waals surface area contributed by atoms with Crippen molar-refractivity contribution in [3.05, 3.63) is 83.2 Å². The first kappa shape index (κ1) is 24.6. The summed E-state index contributed by atoms with van der Waals surface area (Å²) in [4.78, 5) is 18.3. The third kappa shape index (κ3) is 4.56. The van der Waals surface area contributed by atoms with E-state index < -0.39 is 12.1 Å². The van der Waals surface area contributed by atoms with Crippen molar-refractivity contribution < 1.29 is 19.0 Å². The Morgan fingerprint density at radius 2 is 2.00 bits per heavy atom. The van der Waals surface area contributed by atoms with Crippen LogP contribution in [0.4, 0.5) is 4.39 Å². The van der Waals surface area contributed by atoms with Gasteiger partial charge in [-0.3, -0.25) is 4.98 Å². The second-order valence-corrected chi connectivity index (χ2v) is 10.6. The highest BCUT2D eigenvalue weighted by Gasteiger charge is 2.34. The number of fused-ring (bicyclic) bond motifs is 5. The number of ether oxygens (including phenoxy) is 1. The minimum atomic E-state index is -0.955. The van der Waals surface area contributed by atoms with Gasteiger partial charge in [0.05, 0.1) is 11.3 Å². The average Bonchev–Trinajstić information content (AvgIpc) is 3.23. The van der Waals surface area contributed by atoms with Crippen LogP contribution in [-0.4, -0.2) is 45.3 Å². The number of carboxylic acids is 1. The van der Waals surface area contributed by atoms with Crippen molar-refractivity contribution in [1.82, 2.24) is 14.5 Å². The lowest BCUT2D eigenvalue weighted by Crippen LogP contribution is -2.26. The number of carboxylic acid groups (broad SMARTS) is 1. The van der Waals surface area contributed by atoms with Crippen molar-refractivity contribution in [1.29, 1.82) is 0 Å². The van der Waals surface area contributed by atoms with E-state index in [0.29, 0.717) is 19.6 Å². The number of benzene rings is 2. The summed E-state index contributed by atoms with van der Waals surface area (Å²) in [6, 6.07) is 15.4. The van der Waals surface area contributed by atoms with Crippen LogP contribution in [-0.2, 0) is 19.7 Å². The van der Waals surface area contributed by atoms with Crippen LogP contribution >= 0.6 is 0 Å². The van der Waals surface area contributed by atoms with Gasteiger partial charge in [-0.25, -0.2) is 9.18 Å². The Balaban J connectivity index is 1.52. The number of likely N-dealkylation sites (N-methyl/N-ethyl adjacent to an activating group) is 1. The Labute approximate surface area is 221 Å². The molecule has 3 heterocycles. The second kappa shape index (κ2) is 10.2. The number of pyridine rings is 1. The van der Waals surface area contributed by atoms with Crippen LogP contribution in [0.2, 0.25) is 0 Å². The molecule has 2 aliphatic rings. The number of aromatic carboxylic acids is 1. The van der Waals surface area contributed by atoms with Crippen molar-refractivity contribution in [2.45, 2.75) is 57.5 Å². The first-order valence-electron chi connectivity index (χ1n) is 13.4. The molecule has 38 heavy (non-hydrogen) atoms. The largest absolute Gasteiger partial charge is 0.489 e. The molecule has 0 spiro atoms. The van der Waals surface area contributed by atoms with E-state index in [2.05, 4.69) is 33.6 Å². The van der Waals surface area contributed by atoms with Crippen LogP contribution < -0.4 is 4.74 Å². The Kier molecular flexibility index (Phi) is 6.62. The fraction of sp³-hybridized carbons (Fsp3) is 0.355. The van der Waals surface area contributed by atoms with Gasteiger partial charge < -0.3 is 19.3 Å². The minimum Gasteiger partial charge on any atom is -0.489 e. The zero-order chi connectivity index (χ0) is 26.2. The van der Waals surface area contributed by atoms with Crippen LogP contribution in [0.1, 0.15) is 58.6 Å². The normalized spacial score (nSPS) is 19.8.